The van der Waals surface area contributed by atoms with Crippen molar-refractivity contribution >= 4 is 5.91 Å². The Balaban J connectivity index is 1.83. The number of fused-ring (bicyclic) bond motifs is 1. The van der Waals surface area contributed by atoms with Gasteiger partial charge >= 0.3 is 0 Å². The molecule has 20 heavy (non-hydrogen) atoms. The molecule has 3 nitrogen and oxygen atoms in total. The Hall–Kier alpha value is -1.35. The number of hydrogen-bond acceptors (Lipinski definition) is 2. The third-order valence-corrected chi connectivity index (χ3v) is 5.26. The van der Waals surface area contributed by atoms with E-state index in [-0.39, 0.29) is 11.5 Å². The van der Waals surface area contributed by atoms with Crippen molar-refractivity contribution in [1.82, 2.24) is 10.2 Å². The Morgan fingerprint density at radius 3 is 2.95 bits per heavy atom. The first-order valence-corrected chi connectivity index (χ1v) is 7.74. The number of nitrogens with one attached hydrogen (secondary N) is 1. The van der Waals surface area contributed by atoms with Crippen LogP contribution < -0.4 is 5.32 Å². The summed E-state index contributed by atoms with van der Waals surface area (Å²) in [7, 11) is 1.99. The summed E-state index contributed by atoms with van der Waals surface area (Å²) >= 11 is 0. The van der Waals surface area contributed by atoms with Gasteiger partial charge < -0.3 is 10.2 Å². The van der Waals surface area contributed by atoms with Crippen molar-refractivity contribution < 1.29 is 4.79 Å². The van der Waals surface area contributed by atoms with Gasteiger partial charge in [-0.15, -0.1) is 0 Å². The van der Waals surface area contributed by atoms with Crippen LogP contribution in [0.3, 0.4) is 0 Å². The summed E-state index contributed by atoms with van der Waals surface area (Å²) in [5, 5.41) is 3.36. The zero-order chi connectivity index (χ0) is 14.2. The lowest BCUT2D eigenvalue weighted by molar-refractivity contribution is -0.142. The molecule has 1 heterocycles. The summed E-state index contributed by atoms with van der Waals surface area (Å²) in [4.78, 5) is 15.0. The number of carbonyl (C=O) groups excluding carboxylic acids is 1. The predicted molar refractivity (Wildman–Crippen MR) is 80.5 cm³/mol. The number of benzene rings is 1. The maximum atomic E-state index is 13.0. The van der Waals surface area contributed by atoms with E-state index in [1.165, 1.54) is 11.1 Å². The highest BCUT2D eigenvalue weighted by Crippen LogP contribution is 2.39. The number of aryl methyl sites for hydroxylation is 1. The highest BCUT2D eigenvalue weighted by Gasteiger charge is 2.43. The van der Waals surface area contributed by atoms with Crippen LogP contribution in [0, 0.1) is 5.41 Å². The van der Waals surface area contributed by atoms with Gasteiger partial charge in [-0.2, -0.15) is 0 Å². The average molecular weight is 272 g/mol. The van der Waals surface area contributed by atoms with Crippen molar-refractivity contribution in [2.45, 2.75) is 38.6 Å². The average Bonchev–Trinajstić information content (AvgIpc) is 3.13. The summed E-state index contributed by atoms with van der Waals surface area (Å²) < 4.78 is 0. The van der Waals surface area contributed by atoms with Gasteiger partial charge in [0.15, 0.2) is 0 Å². The molecule has 2 aliphatic rings. The molecule has 1 aromatic carbocycles. The van der Waals surface area contributed by atoms with E-state index in [1.807, 2.05) is 11.9 Å². The van der Waals surface area contributed by atoms with E-state index in [1.54, 1.807) is 0 Å². The third kappa shape index (κ3) is 2.05. The lowest BCUT2D eigenvalue weighted by Crippen LogP contribution is -2.44. The molecule has 0 aromatic heterocycles. The Morgan fingerprint density at radius 1 is 1.45 bits per heavy atom. The fourth-order valence-electron chi connectivity index (χ4n) is 3.83. The number of hydrogen-bond donors (Lipinski definition) is 1. The summed E-state index contributed by atoms with van der Waals surface area (Å²) in [6.07, 6.45) is 4.06. The molecule has 0 saturated carbocycles. The molecule has 1 aromatic rings. The van der Waals surface area contributed by atoms with Crippen LogP contribution in [-0.4, -0.2) is 30.9 Å². The van der Waals surface area contributed by atoms with Crippen LogP contribution in [0.2, 0.25) is 0 Å². The Morgan fingerprint density at radius 2 is 2.25 bits per heavy atom. The van der Waals surface area contributed by atoms with Crippen molar-refractivity contribution in [2.75, 3.05) is 20.1 Å². The molecule has 0 spiro atoms. The molecule has 1 aliphatic heterocycles. The normalized spacial score (nSPS) is 28.4. The minimum atomic E-state index is -0.174. The maximum Gasteiger partial charge on any atom is 0.230 e. The van der Waals surface area contributed by atoms with Gasteiger partial charge in [-0.05, 0) is 43.4 Å². The molecule has 1 aliphatic carbocycles. The number of amides is 1. The molecule has 108 valence electrons. The van der Waals surface area contributed by atoms with E-state index in [4.69, 9.17) is 0 Å². The molecule has 3 rings (SSSR count). The first-order valence-electron chi connectivity index (χ1n) is 7.74. The van der Waals surface area contributed by atoms with Crippen LogP contribution in [-0.2, 0) is 11.2 Å². The minimum Gasteiger partial charge on any atom is -0.338 e. The maximum absolute atomic E-state index is 13.0. The van der Waals surface area contributed by atoms with Crippen LogP contribution >= 0.6 is 0 Å². The van der Waals surface area contributed by atoms with E-state index in [9.17, 15) is 4.79 Å². The predicted octanol–water partition coefficient (Wildman–Crippen LogP) is 2.52. The second-order valence-corrected chi connectivity index (χ2v) is 6.23. The van der Waals surface area contributed by atoms with Crippen LogP contribution in [0.15, 0.2) is 24.3 Å². The number of rotatable bonds is 3. The van der Waals surface area contributed by atoms with E-state index in [0.29, 0.717) is 5.91 Å². The third-order valence-electron chi connectivity index (χ3n) is 5.26. The first-order chi connectivity index (χ1) is 9.68. The molecule has 0 radical (unpaired) electrons. The molecule has 3 heteroatoms. The standard InChI is InChI=1S/C17H24N2O/c1-3-17(10-11-18-12-17)16(20)19(2)15-9-8-13-6-4-5-7-14(13)15/h4-7,15,18H,3,8-12H2,1-2H3. The Kier molecular flexibility index (Phi) is 3.55. The van der Waals surface area contributed by atoms with Crippen molar-refractivity contribution in [3.8, 4) is 0 Å². The van der Waals surface area contributed by atoms with Crippen molar-refractivity contribution in [1.29, 1.82) is 0 Å². The minimum absolute atomic E-state index is 0.174. The van der Waals surface area contributed by atoms with Gasteiger partial charge in [0.05, 0.1) is 11.5 Å². The number of carbonyl (C=O) groups is 1. The topological polar surface area (TPSA) is 32.3 Å². The fraction of sp³-hybridized carbons (Fsp3) is 0.588. The summed E-state index contributed by atoms with van der Waals surface area (Å²) in [6.45, 7) is 3.94. The van der Waals surface area contributed by atoms with Crippen molar-refractivity contribution in [3.63, 3.8) is 0 Å². The lowest BCUT2D eigenvalue weighted by atomic mass is 9.82. The molecule has 2 atom stereocenters. The van der Waals surface area contributed by atoms with Crippen LogP contribution in [0.25, 0.3) is 0 Å². The summed E-state index contributed by atoms with van der Waals surface area (Å²) in [6, 6.07) is 8.82. The molecule has 1 saturated heterocycles. The first kappa shape index (κ1) is 13.6. The van der Waals surface area contributed by atoms with E-state index >= 15 is 0 Å². The summed E-state index contributed by atoms with van der Waals surface area (Å²) in [5.74, 6) is 0.326. The Bertz CT molecular complexity index is 505. The molecule has 1 amide bonds. The SMILES string of the molecule is CCC1(C(=O)N(C)C2CCc3ccccc32)CCNC1. The van der Waals surface area contributed by atoms with E-state index < -0.39 is 0 Å². The zero-order valence-corrected chi connectivity index (χ0v) is 12.5. The van der Waals surface area contributed by atoms with Crippen molar-refractivity contribution in [3.05, 3.63) is 35.4 Å². The molecular weight excluding hydrogens is 248 g/mol. The monoisotopic (exact) mass is 272 g/mol. The van der Waals surface area contributed by atoms with Gasteiger partial charge in [0, 0.05) is 13.6 Å². The van der Waals surface area contributed by atoms with Crippen molar-refractivity contribution in [2.24, 2.45) is 5.41 Å². The lowest BCUT2D eigenvalue weighted by Gasteiger charge is -2.34. The van der Waals surface area contributed by atoms with Crippen LogP contribution in [0.1, 0.15) is 43.4 Å². The number of nitrogens with zero attached hydrogens (tertiary/aromatic N) is 1. The second-order valence-electron chi connectivity index (χ2n) is 6.23. The van der Waals surface area contributed by atoms with Crippen LogP contribution in [0.5, 0.6) is 0 Å². The van der Waals surface area contributed by atoms with Gasteiger partial charge in [0.2, 0.25) is 5.91 Å². The largest absolute Gasteiger partial charge is 0.338 e. The second kappa shape index (κ2) is 5.21. The molecule has 1 N–H and O–H groups in total. The van der Waals surface area contributed by atoms with Gasteiger partial charge in [-0.25, -0.2) is 0 Å². The van der Waals surface area contributed by atoms with E-state index in [2.05, 4.69) is 36.5 Å². The zero-order valence-electron chi connectivity index (χ0n) is 12.5. The van der Waals surface area contributed by atoms with Gasteiger partial charge in [0.25, 0.3) is 0 Å². The molecule has 1 fully saturated rings. The fourth-order valence-corrected chi connectivity index (χ4v) is 3.83. The molecular formula is C17H24N2O. The van der Waals surface area contributed by atoms with Gasteiger partial charge in [-0.3, -0.25) is 4.79 Å². The highest BCUT2D eigenvalue weighted by molar-refractivity contribution is 5.83. The Labute approximate surface area is 121 Å². The van der Waals surface area contributed by atoms with Crippen LogP contribution in [0.4, 0.5) is 0 Å². The smallest absolute Gasteiger partial charge is 0.230 e. The molecule has 0 bridgehead atoms. The molecule has 2 unspecified atom stereocenters. The quantitative estimate of drug-likeness (QED) is 0.917. The van der Waals surface area contributed by atoms with Gasteiger partial charge in [-0.1, -0.05) is 31.2 Å². The van der Waals surface area contributed by atoms with E-state index in [0.717, 1.165) is 38.8 Å². The summed E-state index contributed by atoms with van der Waals surface area (Å²) in [5.41, 5.74) is 2.58. The highest BCUT2D eigenvalue weighted by atomic mass is 16.2. The van der Waals surface area contributed by atoms with Gasteiger partial charge in [0.1, 0.15) is 0 Å².